The number of rotatable bonds is 8. The van der Waals surface area contributed by atoms with Crippen molar-refractivity contribution >= 4 is 5.71 Å². The Bertz CT molecular complexity index is 1160. The van der Waals surface area contributed by atoms with Gasteiger partial charge in [0.05, 0.1) is 23.4 Å². The van der Waals surface area contributed by atoms with E-state index in [2.05, 4.69) is 26.5 Å². The molecule has 1 aromatic heterocycles. The van der Waals surface area contributed by atoms with E-state index in [1.165, 1.54) is 0 Å². The fraction of sp³-hybridized carbons (Fsp3) is 0.160. The van der Waals surface area contributed by atoms with Crippen LogP contribution >= 0.6 is 0 Å². The predicted octanol–water partition coefficient (Wildman–Crippen LogP) is 4.93. The number of allylic oxidation sites excluding steroid dienone is 6. The molecule has 0 bridgehead atoms. The lowest BCUT2D eigenvalue weighted by atomic mass is 10.1. The second-order valence-electron chi connectivity index (χ2n) is 7.23. The van der Waals surface area contributed by atoms with Gasteiger partial charge in [-0.15, -0.1) is 20.4 Å². The van der Waals surface area contributed by atoms with Crippen LogP contribution in [-0.2, 0) is 0 Å². The SMILES string of the molecule is N=C1C=CC(=CCCCCOc2ccccc2-c2nnc(-c3ccccc3O)nn2)C=C1. The number of nitrogens with zero attached hydrogens (tertiary/aromatic N) is 4. The number of aromatic nitrogens is 4. The summed E-state index contributed by atoms with van der Waals surface area (Å²) >= 11 is 0. The van der Waals surface area contributed by atoms with E-state index in [9.17, 15) is 5.11 Å². The molecule has 7 nitrogen and oxygen atoms in total. The van der Waals surface area contributed by atoms with Gasteiger partial charge in [0.25, 0.3) is 0 Å². The number of nitrogens with one attached hydrogen (secondary N) is 1. The van der Waals surface area contributed by atoms with Gasteiger partial charge >= 0.3 is 0 Å². The summed E-state index contributed by atoms with van der Waals surface area (Å²) in [6.07, 6.45) is 12.5. The second-order valence-corrected chi connectivity index (χ2v) is 7.23. The van der Waals surface area contributed by atoms with Crippen LogP contribution < -0.4 is 4.74 Å². The van der Waals surface area contributed by atoms with Crippen molar-refractivity contribution in [1.29, 1.82) is 5.41 Å². The van der Waals surface area contributed by atoms with Crippen molar-refractivity contribution in [3.05, 3.63) is 84.5 Å². The van der Waals surface area contributed by atoms with Gasteiger partial charge in [0.2, 0.25) is 11.6 Å². The van der Waals surface area contributed by atoms with Crippen LogP contribution in [0.15, 0.2) is 84.5 Å². The fourth-order valence-electron chi connectivity index (χ4n) is 3.20. The lowest BCUT2D eigenvalue weighted by molar-refractivity contribution is 0.308. The number of benzene rings is 2. The van der Waals surface area contributed by atoms with Gasteiger partial charge in [0.15, 0.2) is 0 Å². The molecule has 0 radical (unpaired) electrons. The first kappa shape index (κ1) is 21.1. The molecule has 160 valence electrons. The van der Waals surface area contributed by atoms with Gasteiger partial charge in [-0.1, -0.05) is 42.5 Å². The van der Waals surface area contributed by atoms with E-state index in [-0.39, 0.29) is 11.6 Å². The van der Waals surface area contributed by atoms with E-state index in [0.29, 0.717) is 29.5 Å². The Hall–Kier alpha value is -4.13. The van der Waals surface area contributed by atoms with E-state index < -0.39 is 0 Å². The molecule has 3 aromatic rings. The average molecular weight is 425 g/mol. The summed E-state index contributed by atoms with van der Waals surface area (Å²) in [4.78, 5) is 0. The van der Waals surface area contributed by atoms with Gasteiger partial charge < -0.3 is 15.3 Å². The fourth-order valence-corrected chi connectivity index (χ4v) is 3.20. The Labute approximate surface area is 186 Å². The summed E-state index contributed by atoms with van der Waals surface area (Å²) in [6.45, 7) is 0.577. The van der Waals surface area contributed by atoms with Crippen LogP contribution in [0.25, 0.3) is 22.8 Å². The highest BCUT2D eigenvalue weighted by molar-refractivity contribution is 6.03. The Kier molecular flexibility index (Phi) is 6.77. The molecule has 7 heteroatoms. The smallest absolute Gasteiger partial charge is 0.207 e. The average Bonchev–Trinajstić information content (AvgIpc) is 2.83. The molecule has 0 aliphatic heterocycles. The highest BCUT2D eigenvalue weighted by Gasteiger charge is 2.13. The van der Waals surface area contributed by atoms with Crippen molar-refractivity contribution in [2.75, 3.05) is 6.61 Å². The van der Waals surface area contributed by atoms with Gasteiger partial charge in [0, 0.05) is 0 Å². The highest BCUT2D eigenvalue weighted by Crippen LogP contribution is 2.28. The van der Waals surface area contributed by atoms with Gasteiger partial charge in [-0.2, -0.15) is 0 Å². The number of unbranched alkanes of at least 4 members (excludes halogenated alkanes) is 2. The number of para-hydroxylation sites is 2. The summed E-state index contributed by atoms with van der Waals surface area (Å²) in [6, 6.07) is 14.4. The monoisotopic (exact) mass is 425 g/mol. The molecule has 2 N–H and O–H groups in total. The summed E-state index contributed by atoms with van der Waals surface area (Å²) in [5.41, 5.74) is 2.86. The molecular weight excluding hydrogens is 402 g/mol. The van der Waals surface area contributed by atoms with E-state index in [0.717, 1.165) is 30.4 Å². The maximum Gasteiger partial charge on any atom is 0.207 e. The largest absolute Gasteiger partial charge is 0.507 e. The third kappa shape index (κ3) is 5.31. The third-order valence-electron chi connectivity index (χ3n) is 4.90. The van der Waals surface area contributed by atoms with Crippen molar-refractivity contribution in [3.63, 3.8) is 0 Å². The Morgan fingerprint density at radius 2 is 1.41 bits per heavy atom. The highest BCUT2D eigenvalue weighted by atomic mass is 16.5. The molecule has 0 saturated heterocycles. The summed E-state index contributed by atoms with van der Waals surface area (Å²) in [7, 11) is 0. The van der Waals surface area contributed by atoms with Gasteiger partial charge in [-0.05, 0) is 61.3 Å². The number of aromatic hydroxyl groups is 1. The Morgan fingerprint density at radius 1 is 0.781 bits per heavy atom. The lowest BCUT2D eigenvalue weighted by Crippen LogP contribution is -2.03. The molecule has 0 saturated carbocycles. The second kappa shape index (κ2) is 10.3. The topological polar surface area (TPSA) is 105 Å². The molecule has 0 unspecified atom stereocenters. The molecule has 0 fully saturated rings. The number of hydrogen-bond donors (Lipinski definition) is 2. The molecule has 0 atom stereocenters. The molecule has 4 rings (SSSR count). The molecule has 32 heavy (non-hydrogen) atoms. The van der Waals surface area contributed by atoms with Crippen molar-refractivity contribution in [2.24, 2.45) is 0 Å². The van der Waals surface area contributed by atoms with E-state index >= 15 is 0 Å². The molecule has 1 aliphatic carbocycles. The summed E-state index contributed by atoms with van der Waals surface area (Å²) in [5.74, 6) is 1.39. The van der Waals surface area contributed by atoms with Crippen molar-refractivity contribution in [2.45, 2.75) is 19.3 Å². The van der Waals surface area contributed by atoms with Crippen molar-refractivity contribution in [3.8, 4) is 34.3 Å². The van der Waals surface area contributed by atoms with Gasteiger partial charge in [0.1, 0.15) is 11.5 Å². The molecule has 1 aliphatic rings. The minimum atomic E-state index is 0.0817. The van der Waals surface area contributed by atoms with Crippen LogP contribution in [0, 0.1) is 5.41 Å². The molecule has 1 heterocycles. The Morgan fingerprint density at radius 3 is 2.12 bits per heavy atom. The van der Waals surface area contributed by atoms with Crippen LogP contribution in [0.5, 0.6) is 11.5 Å². The van der Waals surface area contributed by atoms with Crippen LogP contribution in [0.4, 0.5) is 0 Å². The molecule has 0 spiro atoms. The van der Waals surface area contributed by atoms with Crippen molar-refractivity contribution < 1.29 is 9.84 Å². The first-order valence-electron chi connectivity index (χ1n) is 10.4. The zero-order valence-corrected chi connectivity index (χ0v) is 17.5. The van der Waals surface area contributed by atoms with E-state index in [1.54, 1.807) is 36.4 Å². The number of phenolic OH excluding ortho intramolecular Hbond substituents is 1. The summed E-state index contributed by atoms with van der Waals surface area (Å²) in [5, 5.41) is 34.1. The first-order chi connectivity index (χ1) is 15.7. The minimum absolute atomic E-state index is 0.0817. The van der Waals surface area contributed by atoms with Crippen molar-refractivity contribution in [1.82, 2.24) is 20.4 Å². The zero-order chi connectivity index (χ0) is 22.2. The normalized spacial score (nSPS) is 12.8. The molecule has 0 amide bonds. The standard InChI is InChI=1S/C25H23N5O2/c26-19-15-13-18(14-16-19)8-2-1-7-17-32-23-12-6-4-10-21(23)25-29-27-24(28-30-25)20-9-3-5-11-22(20)31/h3-6,8-16,26,31H,1-2,7,17H2. The van der Waals surface area contributed by atoms with Crippen LogP contribution in [0.3, 0.4) is 0 Å². The van der Waals surface area contributed by atoms with E-state index in [4.69, 9.17) is 10.1 Å². The zero-order valence-electron chi connectivity index (χ0n) is 17.5. The minimum Gasteiger partial charge on any atom is -0.507 e. The van der Waals surface area contributed by atoms with Gasteiger partial charge in [-0.25, -0.2) is 0 Å². The number of ether oxygens (including phenoxy) is 1. The lowest BCUT2D eigenvalue weighted by Gasteiger charge is -2.10. The predicted molar refractivity (Wildman–Crippen MR) is 124 cm³/mol. The van der Waals surface area contributed by atoms with Crippen LogP contribution in [0.2, 0.25) is 0 Å². The first-order valence-corrected chi connectivity index (χ1v) is 10.4. The van der Waals surface area contributed by atoms with Gasteiger partial charge in [-0.3, -0.25) is 0 Å². The molecule has 2 aromatic carbocycles. The summed E-state index contributed by atoms with van der Waals surface area (Å²) < 4.78 is 5.98. The van der Waals surface area contributed by atoms with Crippen LogP contribution in [-0.4, -0.2) is 37.8 Å². The maximum atomic E-state index is 9.96. The van der Waals surface area contributed by atoms with E-state index in [1.807, 2.05) is 36.4 Å². The van der Waals surface area contributed by atoms with Crippen LogP contribution in [0.1, 0.15) is 19.3 Å². The number of phenols is 1. The number of hydrogen-bond acceptors (Lipinski definition) is 7. The maximum absolute atomic E-state index is 9.96. The quantitative estimate of drug-likeness (QED) is 0.496. The Balaban J connectivity index is 1.34. The molecular formula is C25H23N5O2. The third-order valence-corrected chi connectivity index (χ3v) is 4.90.